The summed E-state index contributed by atoms with van der Waals surface area (Å²) < 4.78 is 38.0. The molecular weight excluding hydrogens is 263 g/mol. The van der Waals surface area contributed by atoms with Crippen molar-refractivity contribution in [3.63, 3.8) is 0 Å². The van der Waals surface area contributed by atoms with Crippen LogP contribution >= 0.6 is 0 Å². The van der Waals surface area contributed by atoms with Crippen molar-refractivity contribution in [3.05, 3.63) is 0 Å². The summed E-state index contributed by atoms with van der Waals surface area (Å²) in [5, 5.41) is 3.65. The minimum atomic E-state index is -3.98. The summed E-state index contributed by atoms with van der Waals surface area (Å²) in [6.07, 6.45) is 3.54. The Morgan fingerprint density at radius 2 is 1.65 bits per heavy atom. The van der Waals surface area contributed by atoms with Crippen LogP contribution in [0.2, 0.25) is 0 Å². The number of hydrogen-bond donors (Lipinski definition) is 1. The first-order valence-electron chi connectivity index (χ1n) is 8.26. The van der Waals surface area contributed by atoms with Crippen molar-refractivity contribution in [3.8, 4) is 0 Å². The molecule has 0 aromatic carbocycles. The monoisotopic (exact) mass is 289 g/mol. The van der Waals surface area contributed by atoms with Gasteiger partial charge in [-0.05, 0) is 69.6 Å². The number of hydrogen-bond acceptors (Lipinski definition) is 1. The lowest BCUT2D eigenvalue weighted by molar-refractivity contribution is -0.182. The summed E-state index contributed by atoms with van der Waals surface area (Å²) in [6, 6.07) is 0.792. The van der Waals surface area contributed by atoms with Gasteiger partial charge in [0.05, 0.1) is 5.92 Å². The zero-order chi connectivity index (χ0) is 14.3. The second kappa shape index (κ2) is 5.51. The maximum absolute atomic E-state index is 12.7. The van der Waals surface area contributed by atoms with Crippen LogP contribution in [0.3, 0.4) is 0 Å². The van der Waals surface area contributed by atoms with E-state index in [-0.39, 0.29) is 0 Å². The van der Waals surface area contributed by atoms with Gasteiger partial charge in [-0.2, -0.15) is 13.2 Å². The summed E-state index contributed by atoms with van der Waals surface area (Å²) >= 11 is 0. The largest absolute Gasteiger partial charge is 0.391 e. The van der Waals surface area contributed by atoms with Gasteiger partial charge in [0.1, 0.15) is 0 Å². The molecule has 20 heavy (non-hydrogen) atoms. The number of nitrogens with one attached hydrogen (secondary N) is 1. The van der Waals surface area contributed by atoms with Gasteiger partial charge < -0.3 is 5.32 Å². The van der Waals surface area contributed by atoms with Crippen molar-refractivity contribution in [2.24, 2.45) is 23.7 Å². The van der Waals surface area contributed by atoms with Crippen molar-refractivity contribution in [2.75, 3.05) is 0 Å². The molecule has 1 nitrogen and oxygen atoms in total. The van der Waals surface area contributed by atoms with Crippen LogP contribution in [-0.4, -0.2) is 18.3 Å². The summed E-state index contributed by atoms with van der Waals surface area (Å²) in [4.78, 5) is 0. The first kappa shape index (κ1) is 14.7. The van der Waals surface area contributed by atoms with Crippen molar-refractivity contribution < 1.29 is 13.2 Å². The summed E-state index contributed by atoms with van der Waals surface area (Å²) in [7, 11) is 0. The maximum Gasteiger partial charge on any atom is 0.391 e. The molecule has 3 aliphatic rings. The smallest absolute Gasteiger partial charge is 0.311 e. The van der Waals surface area contributed by atoms with E-state index < -0.39 is 12.1 Å². The van der Waals surface area contributed by atoms with E-state index in [1.54, 1.807) is 0 Å². The Bertz CT molecular complexity index is 333. The topological polar surface area (TPSA) is 12.0 Å². The lowest BCUT2D eigenvalue weighted by atomic mass is 9.81. The van der Waals surface area contributed by atoms with Crippen LogP contribution < -0.4 is 5.32 Å². The summed E-state index contributed by atoms with van der Waals surface area (Å²) in [5.41, 5.74) is 0. The van der Waals surface area contributed by atoms with E-state index in [2.05, 4.69) is 12.2 Å². The standard InChI is InChI=1S/C16H26F3N/c1-10(15-9-11-2-3-12(15)8-11)20-14-6-4-13(5-7-14)16(17,18)19/h10-15,20H,2-9H2,1H3. The Kier molecular flexibility index (Phi) is 4.04. The second-order valence-corrected chi connectivity index (χ2v) is 7.38. The molecular formula is C16H26F3N. The van der Waals surface area contributed by atoms with Crippen LogP contribution in [0.15, 0.2) is 0 Å². The minimum Gasteiger partial charge on any atom is -0.311 e. The molecule has 0 aliphatic heterocycles. The molecule has 4 heteroatoms. The Labute approximate surface area is 119 Å². The molecule has 0 saturated heterocycles. The lowest BCUT2D eigenvalue weighted by Gasteiger charge is -2.35. The number of rotatable bonds is 3. The Morgan fingerprint density at radius 3 is 2.15 bits per heavy atom. The van der Waals surface area contributed by atoms with Gasteiger partial charge >= 0.3 is 6.18 Å². The highest BCUT2D eigenvalue weighted by Crippen LogP contribution is 2.49. The molecule has 0 aromatic heterocycles. The van der Waals surface area contributed by atoms with E-state index in [0.717, 1.165) is 17.8 Å². The van der Waals surface area contributed by atoms with E-state index in [0.29, 0.717) is 37.8 Å². The fourth-order valence-corrected chi connectivity index (χ4v) is 4.99. The van der Waals surface area contributed by atoms with Crippen molar-refractivity contribution in [2.45, 2.75) is 76.6 Å². The molecule has 3 rings (SSSR count). The van der Waals surface area contributed by atoms with Gasteiger partial charge in [0.25, 0.3) is 0 Å². The van der Waals surface area contributed by atoms with Gasteiger partial charge in [-0.1, -0.05) is 6.42 Å². The van der Waals surface area contributed by atoms with Crippen LogP contribution in [0.5, 0.6) is 0 Å². The van der Waals surface area contributed by atoms with E-state index in [1.807, 2.05) is 0 Å². The van der Waals surface area contributed by atoms with Crippen LogP contribution in [0, 0.1) is 23.7 Å². The highest BCUT2D eigenvalue weighted by Gasteiger charge is 2.44. The van der Waals surface area contributed by atoms with Crippen LogP contribution in [-0.2, 0) is 0 Å². The van der Waals surface area contributed by atoms with Crippen molar-refractivity contribution in [1.82, 2.24) is 5.32 Å². The molecule has 0 spiro atoms. The Morgan fingerprint density at radius 1 is 0.950 bits per heavy atom. The first-order valence-corrected chi connectivity index (χ1v) is 8.26. The Balaban J connectivity index is 1.45. The highest BCUT2D eigenvalue weighted by atomic mass is 19.4. The third-order valence-corrected chi connectivity index (χ3v) is 6.12. The van der Waals surface area contributed by atoms with Crippen molar-refractivity contribution in [1.29, 1.82) is 0 Å². The van der Waals surface area contributed by atoms with Crippen LogP contribution in [0.1, 0.15) is 58.3 Å². The second-order valence-electron chi connectivity index (χ2n) is 7.38. The first-order chi connectivity index (χ1) is 9.43. The fourth-order valence-electron chi connectivity index (χ4n) is 4.99. The predicted molar refractivity (Wildman–Crippen MR) is 73.3 cm³/mol. The molecule has 4 atom stereocenters. The van der Waals surface area contributed by atoms with Gasteiger partial charge in [-0.15, -0.1) is 0 Å². The number of fused-ring (bicyclic) bond motifs is 2. The zero-order valence-corrected chi connectivity index (χ0v) is 12.3. The van der Waals surface area contributed by atoms with Gasteiger partial charge in [0, 0.05) is 12.1 Å². The van der Waals surface area contributed by atoms with Crippen LogP contribution in [0.4, 0.5) is 13.2 Å². The molecule has 3 saturated carbocycles. The number of halogens is 3. The van der Waals surface area contributed by atoms with Crippen molar-refractivity contribution >= 4 is 0 Å². The minimum absolute atomic E-state index is 0.308. The quantitative estimate of drug-likeness (QED) is 0.805. The predicted octanol–water partition coefficient (Wildman–Crippen LogP) is 4.52. The van der Waals surface area contributed by atoms with E-state index in [4.69, 9.17) is 0 Å². The normalized spacial score (nSPS) is 42.9. The number of alkyl halides is 3. The van der Waals surface area contributed by atoms with E-state index >= 15 is 0 Å². The molecule has 0 amide bonds. The SMILES string of the molecule is CC(NC1CCC(C(F)(F)F)CC1)C1CC2CCC1C2. The third-order valence-electron chi connectivity index (χ3n) is 6.12. The fraction of sp³-hybridized carbons (Fsp3) is 1.00. The molecule has 0 heterocycles. The highest BCUT2D eigenvalue weighted by molar-refractivity contribution is 4.95. The zero-order valence-electron chi connectivity index (χ0n) is 12.3. The average molecular weight is 289 g/mol. The Hall–Kier alpha value is -0.250. The lowest BCUT2D eigenvalue weighted by Crippen LogP contribution is -2.45. The van der Waals surface area contributed by atoms with Gasteiger partial charge in [0.2, 0.25) is 0 Å². The van der Waals surface area contributed by atoms with Gasteiger partial charge in [-0.3, -0.25) is 0 Å². The van der Waals surface area contributed by atoms with E-state index in [9.17, 15) is 13.2 Å². The van der Waals surface area contributed by atoms with E-state index in [1.165, 1.54) is 25.7 Å². The van der Waals surface area contributed by atoms with Crippen LogP contribution in [0.25, 0.3) is 0 Å². The average Bonchev–Trinajstić information content (AvgIpc) is 3.00. The molecule has 1 N–H and O–H groups in total. The molecule has 4 unspecified atom stereocenters. The molecule has 3 aliphatic carbocycles. The molecule has 116 valence electrons. The molecule has 0 radical (unpaired) electrons. The van der Waals surface area contributed by atoms with Gasteiger partial charge in [0.15, 0.2) is 0 Å². The molecule has 2 bridgehead atoms. The maximum atomic E-state index is 12.7. The summed E-state index contributed by atoms with van der Waals surface area (Å²) in [5.74, 6) is 1.54. The molecule has 0 aromatic rings. The van der Waals surface area contributed by atoms with Gasteiger partial charge in [-0.25, -0.2) is 0 Å². The molecule has 3 fully saturated rings. The summed E-state index contributed by atoms with van der Waals surface area (Å²) in [6.45, 7) is 2.25. The third kappa shape index (κ3) is 3.00.